The third kappa shape index (κ3) is 3.44. The van der Waals surface area contributed by atoms with Crippen molar-refractivity contribution >= 4 is 21.4 Å². The predicted octanol–water partition coefficient (Wildman–Crippen LogP) is 0.964. The number of benzene rings is 1. The van der Waals surface area contributed by atoms with Gasteiger partial charge in [0.05, 0.1) is 17.5 Å². The molecule has 2 N–H and O–H groups in total. The van der Waals surface area contributed by atoms with Crippen LogP contribution < -0.4 is 10.6 Å². The lowest BCUT2D eigenvalue weighted by Gasteiger charge is -2.17. The van der Waals surface area contributed by atoms with Crippen molar-refractivity contribution in [1.29, 1.82) is 0 Å². The molecule has 2 atom stereocenters. The molecule has 2 heterocycles. The number of fused-ring (bicyclic) bond motifs is 1. The van der Waals surface area contributed by atoms with E-state index in [2.05, 4.69) is 10.6 Å². The summed E-state index contributed by atoms with van der Waals surface area (Å²) >= 11 is 0. The van der Waals surface area contributed by atoms with E-state index in [1.54, 1.807) is 0 Å². The Morgan fingerprint density at radius 3 is 2.81 bits per heavy atom. The molecule has 5 nitrogen and oxygen atoms in total. The van der Waals surface area contributed by atoms with Crippen LogP contribution in [0, 0.1) is 5.92 Å². The Kier molecular flexibility index (Phi) is 3.99. The van der Waals surface area contributed by atoms with Crippen molar-refractivity contribution in [2.75, 3.05) is 23.4 Å². The average Bonchev–Trinajstić information content (AvgIpc) is 2.70. The number of carbonyl (C=O) groups is 1. The average molecular weight is 308 g/mol. The number of amides is 1. The highest BCUT2D eigenvalue weighted by molar-refractivity contribution is 7.91. The Balaban J connectivity index is 1.59. The van der Waals surface area contributed by atoms with Crippen LogP contribution in [0.2, 0.25) is 0 Å². The summed E-state index contributed by atoms with van der Waals surface area (Å²) in [7, 11) is -2.85. The van der Waals surface area contributed by atoms with Crippen molar-refractivity contribution in [3.63, 3.8) is 0 Å². The summed E-state index contributed by atoms with van der Waals surface area (Å²) in [6.07, 6.45) is 2.28. The lowest BCUT2D eigenvalue weighted by molar-refractivity contribution is -0.118. The van der Waals surface area contributed by atoms with Gasteiger partial charge >= 0.3 is 0 Å². The maximum atomic E-state index is 12.2. The lowest BCUT2D eigenvalue weighted by Crippen LogP contribution is -2.42. The molecule has 0 aromatic heterocycles. The molecular formula is C15H20N2O3S. The van der Waals surface area contributed by atoms with Crippen LogP contribution >= 0.6 is 0 Å². The fraction of sp³-hybridized carbons (Fsp3) is 0.533. The molecule has 3 rings (SSSR count). The number of rotatable bonds is 3. The van der Waals surface area contributed by atoms with Gasteiger partial charge in [0.15, 0.2) is 9.84 Å². The summed E-state index contributed by atoms with van der Waals surface area (Å²) < 4.78 is 22.9. The van der Waals surface area contributed by atoms with E-state index in [1.807, 2.05) is 24.3 Å². The van der Waals surface area contributed by atoms with E-state index in [1.165, 1.54) is 0 Å². The molecule has 1 fully saturated rings. The first-order valence-electron chi connectivity index (χ1n) is 7.36. The summed E-state index contributed by atoms with van der Waals surface area (Å²) in [5.41, 5.74) is 2.04. The quantitative estimate of drug-likeness (QED) is 0.872. The standard InChI is InChI=1S/C15H20N2O3S/c18-15-14(16-9-11-7-8-21(19,20)10-11)6-5-12-3-1-2-4-13(12)17-15/h1-4,11,14,16H,5-10H2,(H,17,18). The number of carbonyl (C=O) groups excluding carboxylic acids is 1. The first-order chi connectivity index (χ1) is 10.0. The van der Waals surface area contributed by atoms with Crippen molar-refractivity contribution in [3.05, 3.63) is 29.8 Å². The number of hydrogen-bond donors (Lipinski definition) is 2. The summed E-state index contributed by atoms with van der Waals surface area (Å²) in [5, 5.41) is 6.19. The number of anilines is 1. The Labute approximate surface area is 125 Å². The van der Waals surface area contributed by atoms with Crippen LogP contribution in [0.3, 0.4) is 0 Å². The molecule has 2 aliphatic rings. The molecule has 1 saturated heterocycles. The number of hydrogen-bond acceptors (Lipinski definition) is 4. The number of sulfone groups is 1. The molecular weight excluding hydrogens is 288 g/mol. The van der Waals surface area contributed by atoms with Crippen LogP contribution in [0.1, 0.15) is 18.4 Å². The van der Waals surface area contributed by atoms with Crippen LogP contribution in [-0.2, 0) is 21.1 Å². The highest BCUT2D eigenvalue weighted by Crippen LogP contribution is 2.22. The van der Waals surface area contributed by atoms with Gasteiger partial charge in [-0.1, -0.05) is 18.2 Å². The predicted molar refractivity (Wildman–Crippen MR) is 81.9 cm³/mol. The van der Waals surface area contributed by atoms with Gasteiger partial charge in [0.1, 0.15) is 0 Å². The minimum atomic E-state index is -2.85. The van der Waals surface area contributed by atoms with Gasteiger partial charge in [0.2, 0.25) is 5.91 Å². The SMILES string of the molecule is O=C1Nc2ccccc2CCC1NCC1CCS(=O)(=O)C1. The molecule has 1 aromatic carbocycles. The van der Waals surface area contributed by atoms with Crippen LogP contribution in [-0.4, -0.2) is 38.4 Å². The summed E-state index contributed by atoms with van der Waals surface area (Å²) in [4.78, 5) is 12.2. The Morgan fingerprint density at radius 1 is 1.24 bits per heavy atom. The van der Waals surface area contributed by atoms with Crippen molar-refractivity contribution in [3.8, 4) is 0 Å². The van der Waals surface area contributed by atoms with E-state index < -0.39 is 9.84 Å². The first kappa shape index (κ1) is 14.5. The van der Waals surface area contributed by atoms with E-state index in [-0.39, 0.29) is 29.4 Å². The monoisotopic (exact) mass is 308 g/mol. The van der Waals surface area contributed by atoms with Crippen LogP contribution in [0.15, 0.2) is 24.3 Å². The van der Waals surface area contributed by atoms with Gasteiger partial charge in [-0.15, -0.1) is 0 Å². The minimum Gasteiger partial charge on any atom is -0.324 e. The maximum Gasteiger partial charge on any atom is 0.241 e. The zero-order chi connectivity index (χ0) is 14.9. The topological polar surface area (TPSA) is 75.3 Å². The van der Waals surface area contributed by atoms with Crippen molar-refractivity contribution < 1.29 is 13.2 Å². The zero-order valence-electron chi connectivity index (χ0n) is 11.8. The Morgan fingerprint density at radius 2 is 2.05 bits per heavy atom. The largest absolute Gasteiger partial charge is 0.324 e. The van der Waals surface area contributed by atoms with Gasteiger partial charge in [-0.3, -0.25) is 4.79 Å². The van der Waals surface area contributed by atoms with Crippen LogP contribution in [0.25, 0.3) is 0 Å². The fourth-order valence-electron chi connectivity index (χ4n) is 3.05. The third-order valence-electron chi connectivity index (χ3n) is 4.27. The van der Waals surface area contributed by atoms with Gasteiger partial charge < -0.3 is 10.6 Å². The van der Waals surface area contributed by atoms with Gasteiger partial charge in [0, 0.05) is 5.69 Å². The maximum absolute atomic E-state index is 12.2. The number of aryl methyl sites for hydroxylation is 1. The van der Waals surface area contributed by atoms with E-state index in [9.17, 15) is 13.2 Å². The minimum absolute atomic E-state index is 0.0270. The molecule has 1 amide bonds. The van der Waals surface area contributed by atoms with Crippen molar-refractivity contribution in [1.82, 2.24) is 5.32 Å². The normalized spacial score (nSPS) is 27.7. The molecule has 0 bridgehead atoms. The van der Waals surface area contributed by atoms with Gasteiger partial charge in [-0.05, 0) is 43.4 Å². The molecule has 1 aromatic rings. The molecule has 2 aliphatic heterocycles. The highest BCUT2D eigenvalue weighted by Gasteiger charge is 2.29. The molecule has 0 aliphatic carbocycles. The van der Waals surface area contributed by atoms with Gasteiger partial charge in [0.25, 0.3) is 0 Å². The molecule has 0 saturated carbocycles. The summed E-state index contributed by atoms with van der Waals surface area (Å²) in [6, 6.07) is 7.58. The van der Waals surface area contributed by atoms with Crippen LogP contribution in [0.4, 0.5) is 5.69 Å². The number of nitrogens with one attached hydrogen (secondary N) is 2. The van der Waals surface area contributed by atoms with E-state index in [0.29, 0.717) is 13.0 Å². The van der Waals surface area contributed by atoms with Crippen molar-refractivity contribution in [2.45, 2.75) is 25.3 Å². The van der Waals surface area contributed by atoms with E-state index >= 15 is 0 Å². The summed E-state index contributed by atoms with van der Waals surface area (Å²) in [6.45, 7) is 0.591. The lowest BCUT2D eigenvalue weighted by atomic mass is 10.0. The van der Waals surface area contributed by atoms with E-state index in [0.717, 1.165) is 24.1 Å². The zero-order valence-corrected chi connectivity index (χ0v) is 12.7. The molecule has 2 unspecified atom stereocenters. The highest BCUT2D eigenvalue weighted by atomic mass is 32.2. The molecule has 21 heavy (non-hydrogen) atoms. The summed E-state index contributed by atoms with van der Waals surface area (Å²) in [5.74, 6) is 0.630. The second-order valence-electron chi connectivity index (χ2n) is 5.91. The molecule has 6 heteroatoms. The van der Waals surface area contributed by atoms with Gasteiger partial charge in [-0.2, -0.15) is 0 Å². The van der Waals surface area contributed by atoms with Gasteiger partial charge in [-0.25, -0.2) is 8.42 Å². The first-order valence-corrected chi connectivity index (χ1v) is 9.18. The third-order valence-corrected chi connectivity index (χ3v) is 6.11. The second kappa shape index (κ2) is 5.77. The molecule has 114 valence electrons. The molecule has 0 spiro atoms. The van der Waals surface area contributed by atoms with Crippen molar-refractivity contribution in [2.24, 2.45) is 5.92 Å². The smallest absolute Gasteiger partial charge is 0.241 e. The Bertz CT molecular complexity index is 642. The van der Waals surface area contributed by atoms with E-state index in [4.69, 9.17) is 0 Å². The second-order valence-corrected chi connectivity index (χ2v) is 8.14. The Hall–Kier alpha value is -1.40. The van der Waals surface area contributed by atoms with Crippen LogP contribution in [0.5, 0.6) is 0 Å². The number of para-hydroxylation sites is 1. The molecule has 0 radical (unpaired) electrons. The fourth-order valence-corrected chi connectivity index (χ4v) is 4.91.